The summed E-state index contributed by atoms with van der Waals surface area (Å²) in [4.78, 5) is 13.2. The maximum atomic E-state index is 12.8. The van der Waals surface area contributed by atoms with E-state index in [4.69, 9.17) is 28.9 Å². The zero-order valence-corrected chi connectivity index (χ0v) is 17.4. The number of nitrogens with two attached hydrogens (primary N) is 1. The Morgan fingerprint density at radius 1 is 1.36 bits per heavy atom. The minimum atomic E-state index is -0.527. The molecule has 9 heteroatoms. The summed E-state index contributed by atoms with van der Waals surface area (Å²) in [6, 6.07) is 8.59. The summed E-state index contributed by atoms with van der Waals surface area (Å²) in [5.74, 6) is -0.270. The molecule has 0 aliphatic heterocycles. The summed E-state index contributed by atoms with van der Waals surface area (Å²) in [6.45, 7) is -0.272. The Hall–Kier alpha value is -1.93. The van der Waals surface area contributed by atoms with E-state index in [9.17, 15) is 9.18 Å². The smallest absolute Gasteiger partial charge is 0.261 e. The van der Waals surface area contributed by atoms with E-state index in [2.05, 4.69) is 10.4 Å². The highest BCUT2D eigenvalue weighted by molar-refractivity contribution is 7.18. The van der Waals surface area contributed by atoms with E-state index in [1.165, 1.54) is 17.5 Å². The van der Waals surface area contributed by atoms with Crippen LogP contribution in [0.5, 0.6) is 0 Å². The highest BCUT2D eigenvalue weighted by Gasteiger charge is 2.21. The lowest BCUT2D eigenvalue weighted by atomic mass is 10.0. The fraction of sp³-hybridized carbons (Fsp3) is 0.263. The third-order valence-electron chi connectivity index (χ3n) is 4.31. The van der Waals surface area contributed by atoms with Gasteiger partial charge in [0.1, 0.15) is 11.0 Å². The predicted octanol–water partition coefficient (Wildman–Crippen LogP) is 4.22. The van der Waals surface area contributed by atoms with Crippen LogP contribution in [0.15, 0.2) is 36.5 Å². The number of carbonyl (C=O) groups excluding carboxylic acids is 1. The molecule has 0 saturated carbocycles. The molecule has 2 aromatic heterocycles. The highest BCUT2D eigenvalue weighted by atomic mass is 35.5. The molecule has 3 aromatic rings. The van der Waals surface area contributed by atoms with Crippen LogP contribution in [0.1, 0.15) is 20.8 Å². The van der Waals surface area contributed by atoms with E-state index >= 15 is 0 Å². The van der Waals surface area contributed by atoms with Gasteiger partial charge in [0, 0.05) is 25.2 Å². The molecule has 0 radical (unpaired) electrons. The number of hydrogen-bond donors (Lipinski definition) is 2. The molecular formula is C19H19Cl2FN4OS. The number of thiophene rings is 1. The van der Waals surface area contributed by atoms with Gasteiger partial charge >= 0.3 is 0 Å². The monoisotopic (exact) mass is 440 g/mol. The van der Waals surface area contributed by atoms with E-state index in [-0.39, 0.29) is 18.5 Å². The average molecular weight is 441 g/mol. The molecule has 0 aliphatic carbocycles. The summed E-state index contributed by atoms with van der Waals surface area (Å²) in [5, 5.41) is 7.48. The quantitative estimate of drug-likeness (QED) is 0.577. The number of benzene rings is 1. The van der Waals surface area contributed by atoms with E-state index in [1.807, 2.05) is 6.07 Å². The first kappa shape index (κ1) is 20.8. The first-order valence-corrected chi connectivity index (χ1v) is 10.1. The third kappa shape index (κ3) is 4.55. The van der Waals surface area contributed by atoms with Gasteiger partial charge in [0.2, 0.25) is 0 Å². The van der Waals surface area contributed by atoms with Gasteiger partial charge in [0.15, 0.2) is 0 Å². The van der Waals surface area contributed by atoms with Crippen molar-refractivity contribution in [3.05, 3.63) is 61.9 Å². The van der Waals surface area contributed by atoms with Gasteiger partial charge in [0.05, 0.1) is 21.8 Å². The van der Waals surface area contributed by atoms with Gasteiger partial charge in [0.25, 0.3) is 5.91 Å². The van der Waals surface area contributed by atoms with Gasteiger partial charge < -0.3 is 11.1 Å². The summed E-state index contributed by atoms with van der Waals surface area (Å²) in [5.41, 5.74) is 8.65. The molecule has 28 heavy (non-hydrogen) atoms. The van der Waals surface area contributed by atoms with Crippen molar-refractivity contribution in [1.82, 2.24) is 15.1 Å². The van der Waals surface area contributed by atoms with Crippen molar-refractivity contribution in [2.75, 3.05) is 6.54 Å². The first-order valence-electron chi connectivity index (χ1n) is 8.54. The number of amides is 1. The average Bonchev–Trinajstić information content (AvgIpc) is 3.22. The molecule has 0 fully saturated rings. The topological polar surface area (TPSA) is 72.9 Å². The van der Waals surface area contributed by atoms with Crippen LogP contribution in [0.4, 0.5) is 4.39 Å². The van der Waals surface area contributed by atoms with Gasteiger partial charge in [-0.2, -0.15) is 5.10 Å². The highest BCUT2D eigenvalue weighted by Crippen LogP contribution is 2.38. The van der Waals surface area contributed by atoms with Gasteiger partial charge in [-0.3, -0.25) is 9.48 Å². The van der Waals surface area contributed by atoms with Crippen LogP contribution in [0.3, 0.4) is 0 Å². The van der Waals surface area contributed by atoms with Crippen molar-refractivity contribution in [2.24, 2.45) is 12.8 Å². The molecule has 148 valence electrons. The lowest BCUT2D eigenvalue weighted by Gasteiger charge is -2.16. The fourth-order valence-electron chi connectivity index (χ4n) is 2.93. The molecule has 2 heterocycles. The maximum Gasteiger partial charge on any atom is 0.261 e. The molecule has 0 spiro atoms. The van der Waals surface area contributed by atoms with E-state index in [1.54, 1.807) is 36.0 Å². The summed E-state index contributed by atoms with van der Waals surface area (Å²) < 4.78 is 14.9. The second-order valence-corrected chi connectivity index (χ2v) is 8.39. The standard InChI is InChI=1S/C19H19Cl2FN4OS/c1-26-17(15(20)10-24-26)14-7-16(28-18(14)21)19(27)25-13(9-23)6-11-3-2-4-12(5-11)8-22/h2-5,7,10,13H,6,8-9,23H2,1H3,(H,25,27)/t13-/m0/s1. The molecule has 1 atom stereocenters. The van der Waals surface area contributed by atoms with E-state index < -0.39 is 6.67 Å². The number of aromatic nitrogens is 2. The molecule has 1 amide bonds. The number of nitrogens with zero attached hydrogens (tertiary/aromatic N) is 2. The SMILES string of the molecule is Cn1ncc(Cl)c1-c1cc(C(=O)N[C@H](CN)Cc2cccc(CF)c2)sc1Cl. The van der Waals surface area contributed by atoms with Crippen LogP contribution < -0.4 is 11.1 Å². The molecule has 0 bridgehead atoms. The summed E-state index contributed by atoms with van der Waals surface area (Å²) in [7, 11) is 1.75. The van der Waals surface area contributed by atoms with Crippen molar-refractivity contribution in [3.63, 3.8) is 0 Å². The van der Waals surface area contributed by atoms with Crippen molar-refractivity contribution >= 4 is 40.4 Å². The molecule has 3 rings (SSSR count). The van der Waals surface area contributed by atoms with Crippen molar-refractivity contribution in [1.29, 1.82) is 0 Å². The van der Waals surface area contributed by atoms with Crippen LogP contribution in [0.25, 0.3) is 11.3 Å². The zero-order valence-electron chi connectivity index (χ0n) is 15.1. The maximum absolute atomic E-state index is 12.8. The minimum absolute atomic E-state index is 0.255. The lowest BCUT2D eigenvalue weighted by molar-refractivity contribution is 0.0942. The van der Waals surface area contributed by atoms with Crippen LogP contribution in [-0.4, -0.2) is 28.3 Å². The second-order valence-electron chi connectivity index (χ2n) is 6.33. The Morgan fingerprint density at radius 3 is 2.75 bits per heavy atom. The molecular weight excluding hydrogens is 422 g/mol. The molecule has 0 unspecified atom stereocenters. The van der Waals surface area contributed by atoms with E-state index in [0.29, 0.717) is 37.5 Å². The molecule has 1 aromatic carbocycles. The van der Waals surface area contributed by atoms with Crippen LogP contribution in [0, 0.1) is 0 Å². The minimum Gasteiger partial charge on any atom is -0.347 e. The fourth-order valence-corrected chi connectivity index (χ4v) is 4.38. The Morgan fingerprint density at radius 2 is 2.11 bits per heavy atom. The number of halogens is 3. The number of aryl methyl sites for hydroxylation is 1. The molecule has 0 saturated heterocycles. The Kier molecular flexibility index (Phi) is 6.72. The largest absolute Gasteiger partial charge is 0.347 e. The van der Waals surface area contributed by atoms with Crippen molar-refractivity contribution in [2.45, 2.75) is 19.1 Å². The van der Waals surface area contributed by atoms with Gasteiger partial charge in [-0.1, -0.05) is 47.5 Å². The van der Waals surface area contributed by atoms with Crippen molar-refractivity contribution in [3.8, 4) is 11.3 Å². The zero-order chi connectivity index (χ0) is 20.3. The summed E-state index contributed by atoms with van der Waals surface area (Å²) >= 11 is 13.7. The number of carbonyl (C=O) groups is 1. The number of rotatable bonds is 7. The van der Waals surface area contributed by atoms with Crippen molar-refractivity contribution < 1.29 is 9.18 Å². The Balaban J connectivity index is 1.75. The summed E-state index contributed by atoms with van der Waals surface area (Å²) in [6.07, 6.45) is 2.04. The normalized spacial score (nSPS) is 12.2. The van der Waals surface area contributed by atoms with Gasteiger partial charge in [-0.15, -0.1) is 11.3 Å². The van der Waals surface area contributed by atoms with Gasteiger partial charge in [-0.25, -0.2) is 4.39 Å². The Bertz CT molecular complexity index is 969. The second kappa shape index (κ2) is 9.05. The predicted molar refractivity (Wildman–Crippen MR) is 112 cm³/mol. The number of nitrogens with one attached hydrogen (secondary N) is 1. The number of alkyl halides is 1. The molecule has 3 N–H and O–H groups in total. The third-order valence-corrected chi connectivity index (χ3v) is 5.94. The first-order chi connectivity index (χ1) is 13.4. The number of hydrogen-bond acceptors (Lipinski definition) is 4. The van der Waals surface area contributed by atoms with Crippen LogP contribution in [0.2, 0.25) is 9.36 Å². The van der Waals surface area contributed by atoms with Crippen LogP contribution >= 0.6 is 34.5 Å². The van der Waals surface area contributed by atoms with Gasteiger partial charge in [-0.05, 0) is 23.6 Å². The lowest BCUT2D eigenvalue weighted by Crippen LogP contribution is -2.41. The molecule has 0 aliphatic rings. The molecule has 5 nitrogen and oxygen atoms in total. The van der Waals surface area contributed by atoms with Crippen LogP contribution in [-0.2, 0) is 20.1 Å². The van der Waals surface area contributed by atoms with E-state index in [0.717, 1.165) is 5.56 Å². The Labute approximate surface area is 176 Å².